The first-order valence-electron chi connectivity index (χ1n) is 11.0. The average molecular weight is 399 g/mol. The zero-order chi connectivity index (χ0) is 20.0. The van der Waals surface area contributed by atoms with E-state index in [1.165, 1.54) is 32.1 Å². The Labute approximate surface area is 171 Å². The Morgan fingerprint density at radius 3 is 2.31 bits per heavy atom. The van der Waals surface area contributed by atoms with Crippen LogP contribution in [0.25, 0.3) is 0 Å². The minimum atomic E-state index is -0.913. The maximum Gasteiger partial charge on any atom is 0.335 e. The molecule has 6 rings (SSSR count). The maximum absolute atomic E-state index is 13.0. The van der Waals surface area contributed by atoms with Gasteiger partial charge in [0.05, 0.1) is 12.2 Å². The molecule has 1 aromatic rings. The molecule has 6 nitrogen and oxygen atoms in total. The van der Waals surface area contributed by atoms with Gasteiger partial charge in [-0.05, 0) is 73.5 Å². The van der Waals surface area contributed by atoms with Crippen molar-refractivity contribution in [2.75, 3.05) is 19.7 Å². The van der Waals surface area contributed by atoms with Crippen LogP contribution in [0.4, 0.5) is 0 Å². The third kappa shape index (κ3) is 3.92. The van der Waals surface area contributed by atoms with Gasteiger partial charge in [0.1, 0.15) is 6.10 Å². The number of ether oxygens (including phenoxy) is 1. The summed E-state index contributed by atoms with van der Waals surface area (Å²) in [6.45, 7) is 2.61. The third-order valence-corrected chi connectivity index (χ3v) is 7.59. The van der Waals surface area contributed by atoms with Gasteiger partial charge in [0.15, 0.2) is 0 Å². The maximum atomic E-state index is 13.0. The van der Waals surface area contributed by atoms with Crippen molar-refractivity contribution in [1.82, 2.24) is 10.2 Å². The predicted molar refractivity (Wildman–Crippen MR) is 107 cm³/mol. The first-order chi connectivity index (χ1) is 14.0. The molecule has 1 amide bonds. The Kier molecular flexibility index (Phi) is 5.08. The fourth-order valence-corrected chi connectivity index (χ4v) is 6.43. The van der Waals surface area contributed by atoms with Gasteiger partial charge in [0.25, 0.3) is 5.91 Å². The molecule has 6 heteroatoms. The SMILES string of the molecule is O=C(O)c1ccc(CN2CCOC(C(=O)NC3C4CC5CC(C4)CC3C5)C2)cc1. The molecular formula is C23H30N2O4. The van der Waals surface area contributed by atoms with E-state index < -0.39 is 12.1 Å². The highest BCUT2D eigenvalue weighted by Crippen LogP contribution is 2.53. The first kappa shape index (κ1) is 19.1. The second kappa shape index (κ2) is 7.73. The Hall–Kier alpha value is -1.92. The van der Waals surface area contributed by atoms with Gasteiger partial charge in [-0.3, -0.25) is 9.69 Å². The number of morpholine rings is 1. The van der Waals surface area contributed by atoms with Crippen molar-refractivity contribution in [3.63, 3.8) is 0 Å². The Morgan fingerprint density at radius 1 is 1.03 bits per heavy atom. The Balaban J connectivity index is 1.17. The van der Waals surface area contributed by atoms with Crippen molar-refractivity contribution in [2.45, 2.75) is 50.8 Å². The number of rotatable bonds is 5. The zero-order valence-corrected chi connectivity index (χ0v) is 16.8. The zero-order valence-electron chi connectivity index (χ0n) is 16.8. The van der Waals surface area contributed by atoms with E-state index in [9.17, 15) is 9.59 Å². The second-order valence-electron chi connectivity index (χ2n) is 9.56. The molecule has 156 valence electrons. The number of hydrogen-bond donors (Lipinski definition) is 2. The standard InChI is InChI=1S/C23H30N2O4/c26-22(24-21-18-8-15-7-16(10-18)11-19(21)9-15)20-13-25(5-6-29-20)12-14-1-3-17(4-2-14)23(27)28/h1-4,15-16,18-21H,5-13H2,(H,24,26)(H,27,28). The summed E-state index contributed by atoms with van der Waals surface area (Å²) in [4.78, 5) is 26.2. The molecule has 1 heterocycles. The van der Waals surface area contributed by atoms with Crippen LogP contribution >= 0.6 is 0 Å². The van der Waals surface area contributed by atoms with E-state index in [0.717, 1.165) is 23.9 Å². The van der Waals surface area contributed by atoms with Gasteiger partial charge in [0, 0.05) is 25.7 Å². The number of nitrogens with one attached hydrogen (secondary N) is 1. The number of carboxylic acids is 1. The van der Waals surface area contributed by atoms with Gasteiger partial charge in [-0.15, -0.1) is 0 Å². The van der Waals surface area contributed by atoms with Crippen LogP contribution in [0.2, 0.25) is 0 Å². The van der Waals surface area contributed by atoms with Crippen molar-refractivity contribution in [2.24, 2.45) is 23.7 Å². The average Bonchev–Trinajstić information content (AvgIpc) is 2.70. The second-order valence-corrected chi connectivity index (χ2v) is 9.56. The van der Waals surface area contributed by atoms with Crippen LogP contribution in [0.1, 0.15) is 48.0 Å². The lowest BCUT2D eigenvalue weighted by Gasteiger charge is -2.54. The summed E-state index contributed by atoms with van der Waals surface area (Å²) in [6.07, 6.45) is 6.18. The van der Waals surface area contributed by atoms with Crippen molar-refractivity contribution in [3.05, 3.63) is 35.4 Å². The molecule has 1 unspecified atom stereocenters. The summed E-state index contributed by atoms with van der Waals surface area (Å²) in [7, 11) is 0. The molecule has 4 aliphatic carbocycles. The van der Waals surface area contributed by atoms with Crippen LogP contribution in [-0.4, -0.2) is 53.7 Å². The monoisotopic (exact) mass is 398 g/mol. The molecule has 1 aromatic carbocycles. The van der Waals surface area contributed by atoms with Gasteiger partial charge in [-0.25, -0.2) is 4.79 Å². The molecule has 0 aromatic heterocycles. The van der Waals surface area contributed by atoms with Crippen LogP contribution < -0.4 is 5.32 Å². The van der Waals surface area contributed by atoms with Crippen molar-refractivity contribution < 1.29 is 19.4 Å². The summed E-state index contributed by atoms with van der Waals surface area (Å²) in [5.41, 5.74) is 1.35. The van der Waals surface area contributed by atoms with Gasteiger partial charge in [0.2, 0.25) is 0 Å². The summed E-state index contributed by atoms with van der Waals surface area (Å²) in [5.74, 6) is 2.28. The molecule has 2 N–H and O–H groups in total. The largest absolute Gasteiger partial charge is 0.478 e. The minimum absolute atomic E-state index is 0.0494. The van der Waals surface area contributed by atoms with Crippen LogP contribution in [0.3, 0.4) is 0 Å². The highest BCUT2D eigenvalue weighted by Gasteiger charge is 2.49. The molecule has 1 atom stereocenters. The first-order valence-corrected chi connectivity index (χ1v) is 11.0. The number of carbonyl (C=O) groups is 2. The molecule has 4 bridgehead atoms. The highest BCUT2D eigenvalue weighted by atomic mass is 16.5. The number of amides is 1. The van der Waals surface area contributed by atoms with E-state index in [2.05, 4.69) is 10.2 Å². The van der Waals surface area contributed by atoms with Gasteiger partial charge in [-0.2, -0.15) is 0 Å². The number of nitrogens with zero attached hydrogens (tertiary/aromatic N) is 1. The molecule has 0 radical (unpaired) electrons. The number of carbonyl (C=O) groups excluding carboxylic acids is 1. The number of carboxylic acid groups (broad SMARTS) is 1. The lowest BCUT2D eigenvalue weighted by atomic mass is 9.54. The fraction of sp³-hybridized carbons (Fsp3) is 0.652. The fourth-order valence-electron chi connectivity index (χ4n) is 6.43. The lowest BCUT2D eigenvalue weighted by molar-refractivity contribution is -0.142. The van der Waals surface area contributed by atoms with E-state index in [1.807, 2.05) is 12.1 Å². The summed E-state index contributed by atoms with van der Waals surface area (Å²) < 4.78 is 5.82. The molecule has 29 heavy (non-hydrogen) atoms. The predicted octanol–water partition coefficient (Wildman–Crippen LogP) is 2.53. The van der Waals surface area contributed by atoms with Crippen molar-refractivity contribution in [1.29, 1.82) is 0 Å². The Morgan fingerprint density at radius 2 is 1.69 bits per heavy atom. The van der Waals surface area contributed by atoms with E-state index >= 15 is 0 Å². The molecule has 5 fully saturated rings. The van der Waals surface area contributed by atoms with Gasteiger partial charge < -0.3 is 15.2 Å². The van der Waals surface area contributed by atoms with E-state index in [4.69, 9.17) is 9.84 Å². The van der Waals surface area contributed by atoms with Crippen molar-refractivity contribution >= 4 is 11.9 Å². The number of hydrogen-bond acceptors (Lipinski definition) is 4. The van der Waals surface area contributed by atoms with Crippen LogP contribution in [0, 0.1) is 23.7 Å². The Bertz CT molecular complexity index is 750. The van der Waals surface area contributed by atoms with Gasteiger partial charge >= 0.3 is 5.97 Å². The van der Waals surface area contributed by atoms with Crippen LogP contribution in [0.15, 0.2) is 24.3 Å². The summed E-state index contributed by atoms with van der Waals surface area (Å²) >= 11 is 0. The lowest BCUT2D eigenvalue weighted by Crippen LogP contribution is -2.59. The molecular weight excluding hydrogens is 368 g/mol. The van der Waals surface area contributed by atoms with E-state index in [0.29, 0.717) is 43.1 Å². The molecule has 5 aliphatic rings. The molecule has 1 saturated heterocycles. The number of benzene rings is 1. The van der Waals surface area contributed by atoms with Gasteiger partial charge in [-0.1, -0.05) is 12.1 Å². The highest BCUT2D eigenvalue weighted by molar-refractivity contribution is 5.87. The molecule has 1 aliphatic heterocycles. The van der Waals surface area contributed by atoms with E-state index in [-0.39, 0.29) is 5.91 Å². The molecule has 4 saturated carbocycles. The smallest absolute Gasteiger partial charge is 0.335 e. The normalized spacial score (nSPS) is 36.1. The topological polar surface area (TPSA) is 78.9 Å². The summed E-state index contributed by atoms with van der Waals surface area (Å²) in [5, 5.41) is 12.4. The third-order valence-electron chi connectivity index (χ3n) is 7.59. The molecule has 0 spiro atoms. The quantitative estimate of drug-likeness (QED) is 0.797. The number of aromatic carboxylic acids is 1. The minimum Gasteiger partial charge on any atom is -0.478 e. The van der Waals surface area contributed by atoms with Crippen LogP contribution in [-0.2, 0) is 16.1 Å². The van der Waals surface area contributed by atoms with Crippen molar-refractivity contribution in [3.8, 4) is 0 Å². The van der Waals surface area contributed by atoms with Crippen LogP contribution in [0.5, 0.6) is 0 Å². The van der Waals surface area contributed by atoms with E-state index in [1.54, 1.807) is 12.1 Å². The summed E-state index contributed by atoms with van der Waals surface area (Å²) in [6, 6.07) is 7.31.